The maximum Gasteiger partial charge on any atom is 0.264 e. The molecule has 12 nitrogen and oxygen atoms in total. The molecule has 2 aliphatic carbocycles. The normalized spacial score (nSPS) is 21.8. The second kappa shape index (κ2) is 13.3. The van der Waals surface area contributed by atoms with Gasteiger partial charge in [0, 0.05) is 29.8 Å². The van der Waals surface area contributed by atoms with Crippen molar-refractivity contribution >= 4 is 27.7 Å². The van der Waals surface area contributed by atoms with Crippen molar-refractivity contribution in [1.29, 1.82) is 0 Å². The number of sulfonamides is 1. The van der Waals surface area contributed by atoms with Crippen molar-refractivity contribution in [2.45, 2.75) is 82.0 Å². The molecule has 2 aliphatic heterocycles. The van der Waals surface area contributed by atoms with Gasteiger partial charge in [-0.05, 0) is 87.6 Å². The van der Waals surface area contributed by atoms with Crippen LogP contribution < -0.4 is 14.4 Å². The van der Waals surface area contributed by atoms with Crippen molar-refractivity contribution in [3.63, 3.8) is 0 Å². The third-order valence-corrected chi connectivity index (χ3v) is 11.3. The van der Waals surface area contributed by atoms with Crippen LogP contribution in [0, 0.1) is 19.8 Å². The average molecular weight is 696 g/mol. The maximum absolute atomic E-state index is 14.5. The lowest BCUT2D eigenvalue weighted by molar-refractivity contribution is 0.0209. The van der Waals surface area contributed by atoms with E-state index in [4.69, 9.17) is 14.5 Å². The minimum Gasteiger partial charge on any atom is -0.475 e. The third kappa shape index (κ3) is 6.88. The van der Waals surface area contributed by atoms with Crippen LogP contribution in [-0.2, 0) is 21.3 Å². The number of nitrogens with zero attached hydrogens (tertiary/aromatic N) is 6. The molecule has 4 aliphatic rings. The number of nitrogens with one attached hydrogen (secondary N) is 1. The van der Waals surface area contributed by atoms with E-state index >= 15 is 0 Å². The first-order valence-electron chi connectivity index (χ1n) is 17.4. The summed E-state index contributed by atoms with van der Waals surface area (Å²) in [5.74, 6) is 1.21. The number of aryl methyl sites for hydroxylation is 2. The molecule has 2 aromatic heterocycles. The minimum atomic E-state index is -4.18. The number of carbonyl (C=O) groups excluding carboxylic acids is 1. The summed E-state index contributed by atoms with van der Waals surface area (Å²) in [6, 6.07) is 13.6. The van der Waals surface area contributed by atoms with E-state index in [1.54, 1.807) is 29.3 Å². The van der Waals surface area contributed by atoms with Gasteiger partial charge in [0.05, 0.1) is 54.0 Å². The standard InChI is InChI=1S/C37H41N7O5S/c1-23-6-3-7-24(2)35(23)31-17-34-41-37(40-31)42-50(46,47)30-9-4-8-26(16-30)36(45)44(28(22-49-34)21-48-29-13-14-29)20-27-18-38-19-33(39-27)43-15-5-10-32(43)25-11-12-25/h3-4,6-9,16-19,25,28-29,32H,5,10-15,20-22H2,1-2H3,(H,40,41,42)/t28-,32+/m1/s1. The summed E-state index contributed by atoms with van der Waals surface area (Å²) in [4.78, 5) is 37.1. The van der Waals surface area contributed by atoms with Crippen molar-refractivity contribution in [3.05, 3.63) is 83.3 Å². The largest absolute Gasteiger partial charge is 0.475 e. The van der Waals surface area contributed by atoms with E-state index in [-0.39, 0.29) is 54.1 Å². The number of hydrogen-bond acceptors (Lipinski definition) is 10. The highest BCUT2D eigenvalue weighted by molar-refractivity contribution is 7.92. The molecule has 1 N–H and O–H groups in total. The first-order valence-corrected chi connectivity index (χ1v) is 18.9. The quantitative estimate of drug-likeness (QED) is 0.258. The summed E-state index contributed by atoms with van der Waals surface area (Å²) in [5, 5.41) is 0. The lowest BCUT2D eigenvalue weighted by Gasteiger charge is -2.32. The molecule has 13 heteroatoms. The third-order valence-electron chi connectivity index (χ3n) is 9.99. The van der Waals surface area contributed by atoms with Crippen LogP contribution in [-0.4, -0.2) is 77.1 Å². The fourth-order valence-corrected chi connectivity index (χ4v) is 8.11. The summed E-state index contributed by atoms with van der Waals surface area (Å²) in [5.41, 5.74) is 4.17. The van der Waals surface area contributed by atoms with Gasteiger partial charge in [0.1, 0.15) is 12.4 Å². The van der Waals surface area contributed by atoms with Crippen molar-refractivity contribution in [1.82, 2.24) is 24.8 Å². The first kappa shape index (κ1) is 32.6. The summed E-state index contributed by atoms with van der Waals surface area (Å²) < 4.78 is 42.6. The Morgan fingerprint density at radius 2 is 1.76 bits per heavy atom. The Balaban J connectivity index is 1.19. The number of rotatable bonds is 8. The summed E-state index contributed by atoms with van der Waals surface area (Å²) >= 11 is 0. The predicted molar refractivity (Wildman–Crippen MR) is 187 cm³/mol. The Kier molecular flexibility index (Phi) is 8.64. The number of amides is 1. The molecule has 8 rings (SSSR count). The molecule has 260 valence electrons. The summed E-state index contributed by atoms with van der Waals surface area (Å²) in [7, 11) is -4.18. The topological polar surface area (TPSA) is 140 Å². The highest BCUT2D eigenvalue weighted by Crippen LogP contribution is 2.41. The highest BCUT2D eigenvalue weighted by atomic mass is 32.2. The van der Waals surface area contributed by atoms with E-state index in [9.17, 15) is 13.2 Å². The first-order chi connectivity index (χ1) is 24.2. The highest BCUT2D eigenvalue weighted by Gasteiger charge is 2.39. The van der Waals surface area contributed by atoms with Crippen LogP contribution in [0.2, 0.25) is 0 Å². The summed E-state index contributed by atoms with van der Waals surface area (Å²) in [6.07, 6.45) is 10.4. The van der Waals surface area contributed by atoms with E-state index in [2.05, 4.69) is 24.6 Å². The molecular weight excluding hydrogens is 655 g/mol. The van der Waals surface area contributed by atoms with Crippen LogP contribution in [0.3, 0.4) is 0 Å². The number of aromatic nitrogens is 4. The van der Waals surface area contributed by atoms with Crippen molar-refractivity contribution < 1.29 is 22.7 Å². The Morgan fingerprint density at radius 1 is 0.960 bits per heavy atom. The zero-order valence-corrected chi connectivity index (χ0v) is 29.1. The van der Waals surface area contributed by atoms with Gasteiger partial charge in [-0.25, -0.2) is 23.1 Å². The number of anilines is 2. The number of benzene rings is 2. The molecule has 1 amide bonds. The van der Waals surface area contributed by atoms with E-state index in [1.165, 1.54) is 25.0 Å². The van der Waals surface area contributed by atoms with E-state index in [1.807, 2.05) is 38.2 Å². The average Bonchev–Trinajstić information content (AvgIpc) is 4.05. The van der Waals surface area contributed by atoms with Gasteiger partial charge in [-0.1, -0.05) is 24.3 Å². The molecule has 2 atom stereocenters. The van der Waals surface area contributed by atoms with E-state index in [0.29, 0.717) is 23.3 Å². The predicted octanol–water partition coefficient (Wildman–Crippen LogP) is 5.31. The van der Waals surface area contributed by atoms with Crippen LogP contribution in [0.1, 0.15) is 65.7 Å². The van der Waals surface area contributed by atoms with Gasteiger partial charge in [-0.2, -0.15) is 4.98 Å². The molecule has 0 unspecified atom stereocenters. The van der Waals surface area contributed by atoms with Crippen LogP contribution in [0.25, 0.3) is 11.3 Å². The molecule has 4 aromatic rings. The fraction of sp³-hybridized carbons (Fsp3) is 0.432. The zero-order valence-electron chi connectivity index (χ0n) is 28.3. The molecule has 4 heterocycles. The van der Waals surface area contributed by atoms with Gasteiger partial charge < -0.3 is 19.3 Å². The van der Waals surface area contributed by atoms with Gasteiger partial charge >= 0.3 is 0 Å². The van der Waals surface area contributed by atoms with Gasteiger partial charge in [-0.3, -0.25) is 9.78 Å². The van der Waals surface area contributed by atoms with E-state index < -0.39 is 16.1 Å². The second-order valence-electron chi connectivity index (χ2n) is 13.9. The van der Waals surface area contributed by atoms with Gasteiger partial charge in [0.15, 0.2) is 0 Å². The summed E-state index contributed by atoms with van der Waals surface area (Å²) in [6.45, 7) is 5.28. The maximum atomic E-state index is 14.5. The molecule has 4 bridgehead atoms. The minimum absolute atomic E-state index is 0.0382. The number of ether oxygens (including phenoxy) is 2. The lowest BCUT2D eigenvalue weighted by Crippen LogP contribution is -2.46. The van der Waals surface area contributed by atoms with Crippen LogP contribution in [0.4, 0.5) is 11.8 Å². The molecule has 3 fully saturated rings. The van der Waals surface area contributed by atoms with Gasteiger partial charge in [0.25, 0.3) is 15.9 Å². The number of hydrogen-bond donors (Lipinski definition) is 1. The Bertz CT molecular complexity index is 2010. The zero-order chi connectivity index (χ0) is 34.4. The monoisotopic (exact) mass is 695 g/mol. The smallest absolute Gasteiger partial charge is 0.264 e. The molecular formula is C37H41N7O5S. The molecule has 1 saturated heterocycles. The van der Waals surface area contributed by atoms with Crippen LogP contribution >= 0.6 is 0 Å². The van der Waals surface area contributed by atoms with Crippen molar-refractivity contribution in [2.24, 2.45) is 5.92 Å². The molecule has 50 heavy (non-hydrogen) atoms. The molecule has 2 saturated carbocycles. The van der Waals surface area contributed by atoms with Crippen molar-refractivity contribution in [2.75, 3.05) is 29.4 Å². The van der Waals surface area contributed by atoms with Crippen LogP contribution in [0.5, 0.6) is 5.88 Å². The molecule has 0 spiro atoms. The Hall–Kier alpha value is -4.62. The fourth-order valence-electron chi connectivity index (χ4n) is 7.12. The Labute approximate surface area is 292 Å². The lowest BCUT2D eigenvalue weighted by atomic mass is 10.00. The van der Waals surface area contributed by atoms with Gasteiger partial charge in [-0.15, -0.1) is 0 Å². The SMILES string of the molecule is Cc1cccc(C)c1-c1cc2nc(n1)NS(=O)(=O)c1cccc(c1)C(=O)N(Cc1cncc(N3CCC[C@H]3C3CC3)n1)[C@H](COC1CC1)CO2. The van der Waals surface area contributed by atoms with Gasteiger partial charge in [0.2, 0.25) is 11.8 Å². The molecule has 0 radical (unpaired) electrons. The Morgan fingerprint density at radius 3 is 2.54 bits per heavy atom. The number of carbonyl (C=O) groups is 1. The van der Waals surface area contributed by atoms with Crippen molar-refractivity contribution in [3.8, 4) is 17.1 Å². The second-order valence-corrected chi connectivity index (χ2v) is 15.5. The van der Waals surface area contributed by atoms with Crippen LogP contribution in [0.15, 0.2) is 65.8 Å². The number of fused-ring (bicyclic) bond motifs is 4. The van der Waals surface area contributed by atoms with E-state index in [0.717, 1.165) is 54.7 Å². The molecule has 2 aromatic carbocycles.